The van der Waals surface area contributed by atoms with Crippen LogP contribution in [0.4, 0.5) is 0 Å². The highest BCUT2D eigenvalue weighted by Gasteiger charge is 1.96. The molecule has 70 valence electrons. The Labute approximate surface area is 77.7 Å². The Kier molecular flexibility index (Phi) is 2.84. The van der Waals surface area contributed by atoms with Crippen LogP contribution in [-0.4, -0.2) is 10.9 Å². The Morgan fingerprint density at radius 2 is 2.08 bits per heavy atom. The van der Waals surface area contributed by atoms with E-state index < -0.39 is 0 Å². The first-order valence-corrected chi connectivity index (χ1v) is 4.08. The molecule has 1 aromatic rings. The van der Waals surface area contributed by atoms with E-state index in [4.69, 9.17) is 11.5 Å². The normalized spacial score (nSPS) is 9.69. The number of nitrogens with zero attached hydrogens (tertiary/aromatic N) is 2. The molecule has 0 unspecified atom stereocenters. The molecule has 0 spiro atoms. The summed E-state index contributed by atoms with van der Waals surface area (Å²) in [7, 11) is 0. The predicted octanol–water partition coefficient (Wildman–Crippen LogP) is 0.472. The van der Waals surface area contributed by atoms with Gasteiger partial charge < -0.3 is 11.5 Å². The van der Waals surface area contributed by atoms with E-state index in [2.05, 4.69) is 9.98 Å². The fourth-order valence-corrected chi connectivity index (χ4v) is 0.943. The van der Waals surface area contributed by atoms with Crippen molar-refractivity contribution in [2.24, 2.45) is 16.5 Å². The molecular formula is C9H14N4. The Morgan fingerprint density at radius 3 is 2.62 bits per heavy atom. The fourth-order valence-electron chi connectivity index (χ4n) is 0.943. The molecular weight excluding hydrogens is 164 g/mol. The van der Waals surface area contributed by atoms with Crippen molar-refractivity contribution in [1.82, 2.24) is 4.98 Å². The average molecular weight is 178 g/mol. The molecule has 0 fully saturated rings. The molecule has 4 N–H and O–H groups in total. The van der Waals surface area contributed by atoms with Gasteiger partial charge in [0.25, 0.3) is 0 Å². The van der Waals surface area contributed by atoms with Crippen molar-refractivity contribution >= 4 is 5.96 Å². The van der Waals surface area contributed by atoms with Gasteiger partial charge in [-0.2, -0.15) is 0 Å². The van der Waals surface area contributed by atoms with E-state index in [1.165, 1.54) is 5.56 Å². The summed E-state index contributed by atoms with van der Waals surface area (Å²) in [6.45, 7) is 4.43. The topological polar surface area (TPSA) is 77.3 Å². The Hall–Kier alpha value is -1.58. The Balaban J connectivity index is 2.80. The summed E-state index contributed by atoms with van der Waals surface area (Å²) in [5.41, 5.74) is 13.5. The van der Waals surface area contributed by atoms with Crippen LogP contribution in [0.25, 0.3) is 0 Å². The molecule has 1 aromatic heterocycles. The SMILES string of the molecule is Cc1ccc(CN=C(N)N)nc1C. The molecule has 4 heteroatoms. The van der Waals surface area contributed by atoms with Gasteiger partial charge in [0.1, 0.15) is 0 Å². The largest absolute Gasteiger partial charge is 0.370 e. The molecule has 0 aliphatic heterocycles. The molecule has 0 amide bonds. The number of aromatic nitrogens is 1. The first kappa shape index (κ1) is 9.51. The van der Waals surface area contributed by atoms with Gasteiger partial charge in [-0.25, -0.2) is 4.99 Å². The molecule has 0 saturated carbocycles. The number of hydrogen-bond donors (Lipinski definition) is 2. The highest BCUT2D eigenvalue weighted by atomic mass is 15.0. The second-order valence-corrected chi connectivity index (χ2v) is 2.95. The molecule has 0 aromatic carbocycles. The maximum Gasteiger partial charge on any atom is 0.186 e. The van der Waals surface area contributed by atoms with Crippen molar-refractivity contribution in [2.45, 2.75) is 20.4 Å². The molecule has 13 heavy (non-hydrogen) atoms. The van der Waals surface area contributed by atoms with Gasteiger partial charge in [-0.05, 0) is 25.5 Å². The number of hydrogen-bond acceptors (Lipinski definition) is 2. The first-order chi connectivity index (χ1) is 6.09. The van der Waals surface area contributed by atoms with Crippen LogP contribution < -0.4 is 11.5 Å². The smallest absolute Gasteiger partial charge is 0.186 e. The van der Waals surface area contributed by atoms with E-state index in [9.17, 15) is 0 Å². The highest BCUT2D eigenvalue weighted by Crippen LogP contribution is 2.05. The maximum atomic E-state index is 5.21. The van der Waals surface area contributed by atoms with E-state index in [1.54, 1.807) is 0 Å². The van der Waals surface area contributed by atoms with Crippen molar-refractivity contribution in [1.29, 1.82) is 0 Å². The third-order valence-corrected chi connectivity index (χ3v) is 1.83. The highest BCUT2D eigenvalue weighted by molar-refractivity contribution is 5.75. The van der Waals surface area contributed by atoms with Crippen molar-refractivity contribution in [3.05, 3.63) is 29.1 Å². The molecule has 0 saturated heterocycles. The quantitative estimate of drug-likeness (QED) is 0.510. The van der Waals surface area contributed by atoms with Crippen LogP contribution in [0.3, 0.4) is 0 Å². The van der Waals surface area contributed by atoms with Crippen LogP contribution >= 0.6 is 0 Å². The fraction of sp³-hybridized carbons (Fsp3) is 0.333. The van der Waals surface area contributed by atoms with E-state index in [-0.39, 0.29) is 5.96 Å². The summed E-state index contributed by atoms with van der Waals surface area (Å²) in [4.78, 5) is 8.20. The lowest BCUT2D eigenvalue weighted by Gasteiger charge is -2.01. The lowest BCUT2D eigenvalue weighted by atomic mass is 10.2. The lowest BCUT2D eigenvalue weighted by molar-refractivity contribution is 0.954. The average Bonchev–Trinajstić information content (AvgIpc) is 2.07. The molecule has 0 bridgehead atoms. The van der Waals surface area contributed by atoms with Crippen LogP contribution in [0.5, 0.6) is 0 Å². The number of rotatable bonds is 2. The van der Waals surface area contributed by atoms with Crippen LogP contribution in [0.1, 0.15) is 17.0 Å². The van der Waals surface area contributed by atoms with Crippen LogP contribution in [-0.2, 0) is 6.54 Å². The Morgan fingerprint density at radius 1 is 1.38 bits per heavy atom. The van der Waals surface area contributed by atoms with Gasteiger partial charge in [-0.1, -0.05) is 6.07 Å². The van der Waals surface area contributed by atoms with E-state index in [0.29, 0.717) is 6.54 Å². The summed E-state index contributed by atoms with van der Waals surface area (Å²) in [5, 5.41) is 0. The number of guanidine groups is 1. The lowest BCUT2D eigenvalue weighted by Crippen LogP contribution is -2.22. The monoisotopic (exact) mass is 178 g/mol. The summed E-state index contributed by atoms with van der Waals surface area (Å²) >= 11 is 0. The standard InChI is InChI=1S/C9H14N4/c1-6-3-4-8(13-7(6)2)5-12-9(10)11/h3-4H,5H2,1-2H3,(H4,10,11,12). The zero-order valence-corrected chi connectivity index (χ0v) is 7.91. The molecule has 0 aliphatic carbocycles. The third-order valence-electron chi connectivity index (χ3n) is 1.83. The zero-order valence-electron chi connectivity index (χ0n) is 7.91. The number of aliphatic imine (C=N–C) groups is 1. The van der Waals surface area contributed by atoms with Crippen molar-refractivity contribution in [3.63, 3.8) is 0 Å². The number of nitrogens with two attached hydrogens (primary N) is 2. The molecule has 0 radical (unpaired) electrons. The van der Waals surface area contributed by atoms with Crippen LogP contribution in [0.2, 0.25) is 0 Å². The minimum absolute atomic E-state index is 0.0972. The molecule has 0 aliphatic rings. The Bertz CT molecular complexity index is 326. The summed E-state index contributed by atoms with van der Waals surface area (Å²) in [5.74, 6) is 0.0972. The van der Waals surface area contributed by atoms with Gasteiger partial charge in [0, 0.05) is 5.69 Å². The third kappa shape index (κ3) is 2.74. The second-order valence-electron chi connectivity index (χ2n) is 2.95. The summed E-state index contributed by atoms with van der Waals surface area (Å²) < 4.78 is 0. The molecule has 1 heterocycles. The summed E-state index contributed by atoms with van der Waals surface area (Å²) in [6, 6.07) is 3.94. The van der Waals surface area contributed by atoms with Crippen molar-refractivity contribution < 1.29 is 0 Å². The van der Waals surface area contributed by atoms with Gasteiger partial charge in [0.2, 0.25) is 0 Å². The van der Waals surface area contributed by atoms with Gasteiger partial charge in [0.15, 0.2) is 5.96 Å². The predicted molar refractivity (Wildman–Crippen MR) is 53.2 cm³/mol. The van der Waals surface area contributed by atoms with E-state index in [1.807, 2.05) is 26.0 Å². The minimum Gasteiger partial charge on any atom is -0.370 e. The molecule has 0 atom stereocenters. The van der Waals surface area contributed by atoms with Gasteiger partial charge in [-0.3, -0.25) is 4.98 Å². The van der Waals surface area contributed by atoms with Crippen LogP contribution in [0.15, 0.2) is 17.1 Å². The molecule has 1 rings (SSSR count). The molecule has 4 nitrogen and oxygen atoms in total. The first-order valence-electron chi connectivity index (χ1n) is 4.08. The zero-order chi connectivity index (χ0) is 9.84. The van der Waals surface area contributed by atoms with Crippen molar-refractivity contribution in [3.8, 4) is 0 Å². The maximum absolute atomic E-state index is 5.21. The van der Waals surface area contributed by atoms with Gasteiger partial charge >= 0.3 is 0 Å². The van der Waals surface area contributed by atoms with E-state index >= 15 is 0 Å². The minimum atomic E-state index is 0.0972. The summed E-state index contributed by atoms with van der Waals surface area (Å²) in [6.07, 6.45) is 0. The second kappa shape index (κ2) is 3.89. The number of pyridine rings is 1. The van der Waals surface area contributed by atoms with Gasteiger partial charge in [-0.15, -0.1) is 0 Å². The number of aryl methyl sites for hydroxylation is 2. The van der Waals surface area contributed by atoms with Crippen molar-refractivity contribution in [2.75, 3.05) is 0 Å². The van der Waals surface area contributed by atoms with E-state index in [0.717, 1.165) is 11.4 Å². The van der Waals surface area contributed by atoms with Crippen LogP contribution in [0, 0.1) is 13.8 Å². The van der Waals surface area contributed by atoms with Gasteiger partial charge in [0.05, 0.1) is 12.2 Å².